The lowest BCUT2D eigenvalue weighted by Crippen LogP contribution is -2.13. The molecule has 14 heavy (non-hydrogen) atoms. The molecular weight excluding hydrogens is 183 g/mol. The van der Waals surface area contributed by atoms with Gasteiger partial charge >= 0.3 is 0 Å². The van der Waals surface area contributed by atoms with Crippen molar-refractivity contribution in [3.8, 4) is 5.75 Å². The van der Waals surface area contributed by atoms with E-state index in [-0.39, 0.29) is 0 Å². The van der Waals surface area contributed by atoms with Crippen LogP contribution in [0.5, 0.6) is 5.75 Å². The van der Waals surface area contributed by atoms with Crippen LogP contribution in [0.4, 0.5) is 10.2 Å². The lowest BCUT2D eigenvalue weighted by Gasteiger charge is -2.16. The summed E-state index contributed by atoms with van der Waals surface area (Å²) in [5.41, 5.74) is 0. The normalized spacial score (nSPS) is 15.4. The van der Waals surface area contributed by atoms with Gasteiger partial charge in [0.25, 0.3) is 0 Å². The molecule has 2 rings (SSSR count). The Morgan fingerprint density at radius 1 is 1.43 bits per heavy atom. The topological polar surface area (TPSA) is 25.4 Å². The number of hydrogen-bond donors (Lipinski definition) is 0. The Labute approximate surface area is 82.5 Å². The molecule has 0 aliphatic heterocycles. The highest BCUT2D eigenvalue weighted by atomic mass is 19.1. The Hall–Kier alpha value is -1.32. The molecule has 1 fully saturated rings. The maximum atomic E-state index is 12.9. The van der Waals surface area contributed by atoms with Gasteiger partial charge in [-0.05, 0) is 25.0 Å². The lowest BCUT2D eigenvalue weighted by molar-refractivity contribution is 0.302. The van der Waals surface area contributed by atoms with Gasteiger partial charge in [-0.2, -0.15) is 9.37 Å². The molecule has 0 amide bonds. The predicted molar refractivity (Wildman–Crippen MR) is 52.2 cm³/mol. The first-order valence-electron chi connectivity index (χ1n) is 4.67. The van der Waals surface area contributed by atoms with Crippen LogP contribution in [0.1, 0.15) is 12.8 Å². The van der Waals surface area contributed by atoms with E-state index in [2.05, 4.69) is 4.98 Å². The number of pyridine rings is 1. The fraction of sp³-hybridized carbons (Fsp3) is 0.500. The number of hydrogen-bond acceptors (Lipinski definition) is 3. The van der Waals surface area contributed by atoms with E-state index >= 15 is 0 Å². The van der Waals surface area contributed by atoms with Crippen molar-refractivity contribution in [2.75, 3.05) is 19.0 Å². The van der Waals surface area contributed by atoms with Crippen LogP contribution in [0.15, 0.2) is 12.1 Å². The van der Waals surface area contributed by atoms with Crippen LogP contribution in [0.25, 0.3) is 0 Å². The maximum absolute atomic E-state index is 12.9. The summed E-state index contributed by atoms with van der Waals surface area (Å²) in [5.74, 6) is 0.743. The van der Waals surface area contributed by atoms with E-state index in [4.69, 9.17) is 4.74 Å². The summed E-state index contributed by atoms with van der Waals surface area (Å²) in [7, 11) is 3.64. The summed E-state index contributed by atoms with van der Waals surface area (Å²) in [5, 5.41) is 0. The van der Waals surface area contributed by atoms with E-state index in [0.717, 1.165) is 12.8 Å². The van der Waals surface area contributed by atoms with Crippen molar-refractivity contribution in [2.24, 2.45) is 0 Å². The van der Waals surface area contributed by atoms with E-state index in [1.54, 1.807) is 11.0 Å². The minimum atomic E-state index is -0.475. The molecule has 1 heterocycles. The second-order valence-corrected chi connectivity index (χ2v) is 3.67. The van der Waals surface area contributed by atoms with Gasteiger partial charge in [0.05, 0.1) is 6.10 Å². The molecule has 0 N–H and O–H groups in total. The SMILES string of the molecule is CN(C)c1nc(F)ccc1OC1CC1. The molecular formula is C10H13FN2O. The zero-order valence-electron chi connectivity index (χ0n) is 8.33. The number of ether oxygens (including phenoxy) is 1. The van der Waals surface area contributed by atoms with Crippen LogP contribution in [0.3, 0.4) is 0 Å². The van der Waals surface area contributed by atoms with E-state index in [1.165, 1.54) is 6.07 Å². The smallest absolute Gasteiger partial charge is 0.215 e. The molecule has 1 aliphatic carbocycles. The molecule has 1 aromatic rings. The summed E-state index contributed by atoms with van der Waals surface area (Å²) in [6.45, 7) is 0. The Balaban J connectivity index is 2.26. The predicted octanol–water partition coefficient (Wildman–Crippen LogP) is 1.83. The third kappa shape index (κ3) is 1.95. The van der Waals surface area contributed by atoms with Gasteiger partial charge < -0.3 is 9.64 Å². The molecule has 3 nitrogen and oxygen atoms in total. The molecule has 0 spiro atoms. The maximum Gasteiger partial charge on any atom is 0.215 e. The Bertz CT molecular complexity index is 337. The molecule has 0 aromatic carbocycles. The van der Waals surface area contributed by atoms with Crippen LogP contribution < -0.4 is 9.64 Å². The molecule has 0 unspecified atom stereocenters. The highest BCUT2D eigenvalue weighted by molar-refractivity contribution is 5.51. The standard InChI is InChI=1S/C10H13FN2O/c1-13(2)10-8(14-7-3-4-7)5-6-9(11)12-10/h5-7H,3-4H2,1-2H3. The minimum Gasteiger partial charge on any atom is -0.487 e. The van der Waals surface area contributed by atoms with Gasteiger partial charge in [-0.25, -0.2) is 0 Å². The molecule has 0 saturated heterocycles. The first-order valence-corrected chi connectivity index (χ1v) is 4.67. The van der Waals surface area contributed by atoms with E-state index in [9.17, 15) is 4.39 Å². The average Bonchev–Trinajstić information content (AvgIpc) is 2.91. The van der Waals surface area contributed by atoms with Gasteiger partial charge in [-0.15, -0.1) is 0 Å². The molecule has 0 radical (unpaired) electrons. The van der Waals surface area contributed by atoms with E-state index < -0.39 is 5.95 Å². The van der Waals surface area contributed by atoms with Gasteiger partial charge in [-0.1, -0.05) is 0 Å². The quantitative estimate of drug-likeness (QED) is 0.689. The van der Waals surface area contributed by atoms with Gasteiger partial charge in [0, 0.05) is 14.1 Å². The number of nitrogens with zero attached hydrogens (tertiary/aromatic N) is 2. The van der Waals surface area contributed by atoms with Gasteiger partial charge in [0.1, 0.15) is 0 Å². The zero-order valence-corrected chi connectivity index (χ0v) is 8.33. The van der Waals surface area contributed by atoms with Crippen LogP contribution in [0.2, 0.25) is 0 Å². The average molecular weight is 196 g/mol. The van der Waals surface area contributed by atoms with E-state index in [0.29, 0.717) is 17.7 Å². The fourth-order valence-corrected chi connectivity index (χ4v) is 1.19. The molecule has 1 aliphatic rings. The van der Waals surface area contributed by atoms with Crippen LogP contribution in [-0.4, -0.2) is 25.2 Å². The summed E-state index contributed by atoms with van der Waals surface area (Å²) in [6, 6.07) is 2.96. The molecule has 76 valence electrons. The van der Waals surface area contributed by atoms with E-state index in [1.807, 2.05) is 14.1 Å². The van der Waals surface area contributed by atoms with Gasteiger partial charge in [0.2, 0.25) is 5.95 Å². The Morgan fingerprint density at radius 2 is 2.14 bits per heavy atom. The summed E-state index contributed by atoms with van der Waals surface area (Å²) < 4.78 is 18.5. The molecule has 1 aromatic heterocycles. The molecule has 0 atom stereocenters. The number of aromatic nitrogens is 1. The van der Waals surface area contributed by atoms with Crippen molar-refractivity contribution in [1.29, 1.82) is 0 Å². The van der Waals surface area contributed by atoms with Crippen LogP contribution >= 0.6 is 0 Å². The highest BCUT2D eigenvalue weighted by Gasteiger charge is 2.25. The third-order valence-electron chi connectivity index (χ3n) is 2.05. The van der Waals surface area contributed by atoms with Crippen molar-refractivity contribution in [2.45, 2.75) is 18.9 Å². The second kappa shape index (κ2) is 3.44. The van der Waals surface area contributed by atoms with Crippen molar-refractivity contribution in [3.63, 3.8) is 0 Å². The Kier molecular flexibility index (Phi) is 2.27. The number of halogens is 1. The van der Waals surface area contributed by atoms with Gasteiger partial charge in [0.15, 0.2) is 11.6 Å². The summed E-state index contributed by atoms with van der Waals surface area (Å²) >= 11 is 0. The summed E-state index contributed by atoms with van der Waals surface area (Å²) in [4.78, 5) is 5.54. The Morgan fingerprint density at radius 3 is 2.71 bits per heavy atom. The monoisotopic (exact) mass is 196 g/mol. The van der Waals surface area contributed by atoms with Crippen molar-refractivity contribution < 1.29 is 9.13 Å². The first-order chi connectivity index (χ1) is 6.66. The fourth-order valence-electron chi connectivity index (χ4n) is 1.19. The summed E-state index contributed by atoms with van der Waals surface area (Å²) in [6.07, 6.45) is 2.48. The van der Waals surface area contributed by atoms with Crippen LogP contribution in [-0.2, 0) is 0 Å². The minimum absolute atomic E-state index is 0.306. The van der Waals surface area contributed by atoms with Crippen molar-refractivity contribution in [1.82, 2.24) is 4.98 Å². The highest BCUT2D eigenvalue weighted by Crippen LogP contribution is 2.31. The molecule has 1 saturated carbocycles. The van der Waals surface area contributed by atoms with Crippen molar-refractivity contribution in [3.05, 3.63) is 18.1 Å². The molecule has 0 bridgehead atoms. The van der Waals surface area contributed by atoms with Crippen molar-refractivity contribution >= 4 is 5.82 Å². The van der Waals surface area contributed by atoms with Gasteiger partial charge in [-0.3, -0.25) is 0 Å². The second-order valence-electron chi connectivity index (χ2n) is 3.67. The third-order valence-corrected chi connectivity index (χ3v) is 2.05. The number of anilines is 1. The largest absolute Gasteiger partial charge is 0.487 e. The lowest BCUT2D eigenvalue weighted by atomic mass is 10.4. The first kappa shape index (κ1) is 9.24. The molecule has 4 heteroatoms. The van der Waals surface area contributed by atoms with Crippen LogP contribution in [0, 0.1) is 5.95 Å². The zero-order chi connectivity index (χ0) is 10.1. The number of rotatable bonds is 3.